The average molecular weight is 503 g/mol. The highest BCUT2D eigenvalue weighted by atomic mass is 35.5. The molecule has 2 aromatic rings. The van der Waals surface area contributed by atoms with E-state index in [0.717, 1.165) is 5.56 Å². The lowest BCUT2D eigenvalue weighted by molar-refractivity contribution is -0.128. The second-order valence-electron chi connectivity index (χ2n) is 8.35. The number of hydrogen-bond acceptors (Lipinski definition) is 5. The van der Waals surface area contributed by atoms with Gasteiger partial charge in [-0.15, -0.1) is 0 Å². The van der Waals surface area contributed by atoms with Crippen LogP contribution in [0.4, 0.5) is 10.5 Å². The molecule has 0 aliphatic carbocycles. The van der Waals surface area contributed by atoms with Crippen LogP contribution in [0.5, 0.6) is 11.5 Å². The van der Waals surface area contributed by atoms with E-state index in [9.17, 15) is 14.4 Å². The number of amides is 4. The van der Waals surface area contributed by atoms with Crippen molar-refractivity contribution in [2.75, 3.05) is 32.6 Å². The number of nitrogens with zero attached hydrogens (tertiary/aromatic N) is 1. The minimum absolute atomic E-state index is 0.105. The van der Waals surface area contributed by atoms with Gasteiger partial charge in [0.1, 0.15) is 17.5 Å². The van der Waals surface area contributed by atoms with Crippen molar-refractivity contribution < 1.29 is 23.9 Å². The van der Waals surface area contributed by atoms with Gasteiger partial charge >= 0.3 is 6.03 Å². The van der Waals surface area contributed by atoms with Crippen molar-refractivity contribution in [3.63, 3.8) is 0 Å². The summed E-state index contributed by atoms with van der Waals surface area (Å²) in [6.45, 7) is 2.37. The third kappa shape index (κ3) is 7.51. The molecular formula is C25H31ClN4O5. The molecule has 3 rings (SSSR count). The molecular weight excluding hydrogens is 472 g/mol. The second-order valence-corrected chi connectivity index (χ2v) is 8.78. The number of rotatable bonds is 8. The van der Waals surface area contributed by atoms with Gasteiger partial charge < -0.3 is 30.3 Å². The van der Waals surface area contributed by atoms with Gasteiger partial charge in [0.2, 0.25) is 11.8 Å². The number of ether oxygens (including phenoxy) is 2. The maximum Gasteiger partial charge on any atom is 0.321 e. The van der Waals surface area contributed by atoms with Gasteiger partial charge in [0.25, 0.3) is 0 Å². The van der Waals surface area contributed by atoms with Crippen LogP contribution < -0.4 is 25.4 Å². The minimum atomic E-state index is -0.765. The Hall–Kier alpha value is -3.46. The van der Waals surface area contributed by atoms with Crippen LogP contribution in [0.1, 0.15) is 25.3 Å². The summed E-state index contributed by atoms with van der Waals surface area (Å²) in [5.74, 6) is 0.633. The zero-order valence-corrected chi connectivity index (χ0v) is 20.9. The van der Waals surface area contributed by atoms with E-state index >= 15 is 0 Å². The largest absolute Gasteiger partial charge is 0.497 e. The first-order chi connectivity index (χ1) is 16.8. The van der Waals surface area contributed by atoms with E-state index in [1.807, 2.05) is 6.07 Å². The Morgan fingerprint density at radius 2 is 1.83 bits per heavy atom. The first-order valence-corrected chi connectivity index (χ1v) is 11.8. The molecule has 0 saturated carbocycles. The summed E-state index contributed by atoms with van der Waals surface area (Å²) < 4.78 is 10.7. The molecule has 10 heteroatoms. The Bertz CT molecular complexity index is 1060. The quantitative estimate of drug-likeness (QED) is 0.513. The number of hydrogen-bond donors (Lipinski definition) is 3. The predicted molar refractivity (Wildman–Crippen MR) is 134 cm³/mol. The number of urea groups is 1. The molecule has 0 aromatic heterocycles. The number of likely N-dealkylation sites (tertiary alicyclic amines) is 1. The Kier molecular flexibility index (Phi) is 9.19. The lowest BCUT2D eigenvalue weighted by Gasteiger charge is -2.33. The number of halogens is 1. The highest BCUT2D eigenvalue weighted by molar-refractivity contribution is 6.30. The van der Waals surface area contributed by atoms with Crippen LogP contribution in [0, 0.1) is 0 Å². The summed E-state index contributed by atoms with van der Waals surface area (Å²) in [5.41, 5.74) is 1.40. The van der Waals surface area contributed by atoms with Crippen LogP contribution >= 0.6 is 11.6 Å². The van der Waals surface area contributed by atoms with Crippen molar-refractivity contribution in [3.05, 3.63) is 53.1 Å². The van der Waals surface area contributed by atoms with E-state index in [1.54, 1.807) is 55.5 Å². The number of carbonyl (C=O) groups excluding carboxylic acids is 3. The summed E-state index contributed by atoms with van der Waals surface area (Å²) in [4.78, 5) is 39.1. The molecule has 0 radical (unpaired) electrons. The van der Waals surface area contributed by atoms with Gasteiger partial charge in [-0.1, -0.05) is 23.7 Å². The molecule has 1 fully saturated rings. The van der Waals surface area contributed by atoms with E-state index < -0.39 is 6.04 Å². The molecule has 35 heavy (non-hydrogen) atoms. The van der Waals surface area contributed by atoms with E-state index in [1.165, 1.54) is 6.92 Å². The van der Waals surface area contributed by atoms with Crippen molar-refractivity contribution in [1.29, 1.82) is 0 Å². The zero-order chi connectivity index (χ0) is 25.4. The van der Waals surface area contributed by atoms with Crippen LogP contribution in [-0.2, 0) is 16.0 Å². The number of benzene rings is 2. The Morgan fingerprint density at radius 3 is 2.46 bits per heavy atom. The lowest BCUT2D eigenvalue weighted by Crippen LogP contribution is -2.53. The van der Waals surface area contributed by atoms with Crippen molar-refractivity contribution in [2.45, 2.75) is 38.3 Å². The van der Waals surface area contributed by atoms with E-state index in [-0.39, 0.29) is 30.3 Å². The molecule has 0 unspecified atom stereocenters. The minimum Gasteiger partial charge on any atom is -0.497 e. The zero-order valence-electron chi connectivity index (χ0n) is 20.1. The van der Waals surface area contributed by atoms with Crippen LogP contribution in [-0.4, -0.2) is 62.1 Å². The Morgan fingerprint density at radius 1 is 1.09 bits per heavy atom. The molecule has 0 spiro atoms. The summed E-state index contributed by atoms with van der Waals surface area (Å²) in [6.07, 6.45) is 1.47. The summed E-state index contributed by atoms with van der Waals surface area (Å²) in [6, 6.07) is 11.2. The van der Waals surface area contributed by atoms with Crippen LogP contribution in [0.2, 0.25) is 5.02 Å². The molecule has 1 atom stereocenters. The molecule has 1 saturated heterocycles. The third-order valence-electron chi connectivity index (χ3n) is 5.82. The second kappa shape index (κ2) is 12.3. The highest BCUT2D eigenvalue weighted by Crippen LogP contribution is 2.26. The van der Waals surface area contributed by atoms with Crippen LogP contribution in [0.3, 0.4) is 0 Å². The maximum atomic E-state index is 13.1. The fourth-order valence-electron chi connectivity index (χ4n) is 3.99. The number of carbonyl (C=O) groups is 3. The van der Waals surface area contributed by atoms with E-state index in [4.69, 9.17) is 21.1 Å². The Balaban J connectivity index is 1.57. The fraction of sp³-hybridized carbons (Fsp3) is 0.400. The monoisotopic (exact) mass is 502 g/mol. The summed E-state index contributed by atoms with van der Waals surface area (Å²) >= 11 is 5.98. The molecule has 0 bridgehead atoms. The maximum absolute atomic E-state index is 13.1. The number of piperidine rings is 1. The lowest BCUT2D eigenvalue weighted by atomic mass is 10.0. The van der Waals surface area contributed by atoms with E-state index in [2.05, 4.69) is 16.0 Å². The molecule has 1 heterocycles. The molecule has 4 amide bonds. The van der Waals surface area contributed by atoms with Crippen LogP contribution in [0.15, 0.2) is 42.5 Å². The third-order valence-corrected chi connectivity index (χ3v) is 6.05. The first kappa shape index (κ1) is 26.2. The van der Waals surface area contributed by atoms with Gasteiger partial charge in [0, 0.05) is 49.3 Å². The van der Waals surface area contributed by atoms with Gasteiger partial charge in [-0.3, -0.25) is 9.59 Å². The molecule has 188 valence electrons. The van der Waals surface area contributed by atoms with E-state index in [0.29, 0.717) is 48.1 Å². The summed E-state index contributed by atoms with van der Waals surface area (Å²) in [7, 11) is 3.11. The molecule has 3 N–H and O–H groups in total. The van der Waals surface area contributed by atoms with Gasteiger partial charge in [0.15, 0.2) is 0 Å². The van der Waals surface area contributed by atoms with Gasteiger partial charge in [-0.05, 0) is 42.7 Å². The number of nitrogens with one attached hydrogen (secondary N) is 3. The van der Waals surface area contributed by atoms with Crippen molar-refractivity contribution >= 4 is 35.1 Å². The standard InChI is InChI=1S/C25H31ClN4O5/c1-16(31)27-22(13-17-7-8-21(34-2)15-23(17)35-3)24(32)28-19-9-11-30(12-10-19)25(33)29-20-6-4-5-18(26)14-20/h4-8,14-15,19,22H,9-13H2,1-3H3,(H,27,31)(H,28,32)(H,29,33)/t22-/m1/s1. The molecule has 2 aromatic carbocycles. The van der Waals surface area contributed by atoms with Crippen molar-refractivity contribution in [1.82, 2.24) is 15.5 Å². The normalized spacial score (nSPS) is 14.6. The number of anilines is 1. The smallest absolute Gasteiger partial charge is 0.321 e. The average Bonchev–Trinajstić information content (AvgIpc) is 2.84. The SMILES string of the molecule is COc1ccc(C[C@@H](NC(C)=O)C(=O)NC2CCN(C(=O)Nc3cccc(Cl)c3)CC2)c(OC)c1. The highest BCUT2D eigenvalue weighted by Gasteiger charge is 2.28. The predicted octanol–water partition coefficient (Wildman–Crippen LogP) is 3.22. The van der Waals surface area contributed by atoms with Crippen LogP contribution in [0.25, 0.3) is 0 Å². The topological polar surface area (TPSA) is 109 Å². The van der Waals surface area contributed by atoms with Crippen molar-refractivity contribution in [3.8, 4) is 11.5 Å². The van der Waals surface area contributed by atoms with Crippen molar-refractivity contribution in [2.24, 2.45) is 0 Å². The number of methoxy groups -OCH3 is 2. The fourth-order valence-corrected chi connectivity index (χ4v) is 4.18. The van der Waals surface area contributed by atoms with Gasteiger partial charge in [-0.2, -0.15) is 0 Å². The molecule has 1 aliphatic heterocycles. The van der Waals surface area contributed by atoms with Gasteiger partial charge in [-0.25, -0.2) is 4.79 Å². The summed E-state index contributed by atoms with van der Waals surface area (Å²) in [5, 5.41) is 9.15. The molecule has 9 nitrogen and oxygen atoms in total. The Labute approximate surface area is 210 Å². The molecule has 1 aliphatic rings. The first-order valence-electron chi connectivity index (χ1n) is 11.4. The van der Waals surface area contributed by atoms with Gasteiger partial charge in [0.05, 0.1) is 14.2 Å².